The number of carbonyl (C=O) groups is 1. The van der Waals surface area contributed by atoms with E-state index in [1.165, 1.54) is 24.2 Å². The van der Waals surface area contributed by atoms with E-state index in [-0.39, 0.29) is 11.5 Å². The van der Waals surface area contributed by atoms with Crippen LogP contribution < -0.4 is 5.32 Å². The maximum absolute atomic E-state index is 12.6. The first-order valence-corrected chi connectivity index (χ1v) is 11.8. The van der Waals surface area contributed by atoms with Gasteiger partial charge in [0.2, 0.25) is 0 Å². The van der Waals surface area contributed by atoms with Crippen LogP contribution in [0.15, 0.2) is 35.9 Å². The zero-order valence-corrected chi connectivity index (χ0v) is 19.8. The first kappa shape index (κ1) is 22.9. The fraction of sp³-hybridized carbons (Fsp3) is 0.346. The van der Waals surface area contributed by atoms with Crippen molar-refractivity contribution >= 4 is 23.6 Å². The van der Waals surface area contributed by atoms with E-state index in [2.05, 4.69) is 19.9 Å². The van der Waals surface area contributed by atoms with Crippen LogP contribution in [0.3, 0.4) is 0 Å². The Bertz CT molecular complexity index is 1220. The first-order valence-electron chi connectivity index (χ1n) is 11.4. The minimum atomic E-state index is -0.358. The number of nitrogens with zero attached hydrogens (tertiary/aromatic N) is 3. The molecule has 0 aliphatic heterocycles. The van der Waals surface area contributed by atoms with Gasteiger partial charge in [0.1, 0.15) is 17.5 Å². The third-order valence-electron chi connectivity index (χ3n) is 6.08. The lowest BCUT2D eigenvalue weighted by Crippen LogP contribution is -2.26. The van der Waals surface area contributed by atoms with Crippen molar-refractivity contribution in [1.82, 2.24) is 19.9 Å². The van der Waals surface area contributed by atoms with Gasteiger partial charge in [-0.3, -0.25) is 4.79 Å². The molecule has 0 saturated carbocycles. The lowest BCUT2D eigenvalue weighted by molar-refractivity contribution is -0.117. The van der Waals surface area contributed by atoms with Crippen molar-refractivity contribution in [2.45, 2.75) is 52.4 Å². The van der Waals surface area contributed by atoms with E-state index in [1.807, 2.05) is 50.2 Å². The van der Waals surface area contributed by atoms with Crippen molar-refractivity contribution in [3.63, 3.8) is 0 Å². The predicted molar refractivity (Wildman–Crippen MR) is 130 cm³/mol. The van der Waals surface area contributed by atoms with Crippen LogP contribution in [0.5, 0.6) is 0 Å². The maximum atomic E-state index is 12.6. The van der Waals surface area contributed by atoms with Gasteiger partial charge in [-0.1, -0.05) is 17.7 Å². The second-order valence-electron chi connectivity index (χ2n) is 8.49. The normalized spacial score (nSPS) is 13.5. The van der Waals surface area contributed by atoms with Crippen molar-refractivity contribution < 1.29 is 4.79 Å². The largest absolute Gasteiger partial charge is 0.351 e. The number of H-pyrrole nitrogens is 1. The molecule has 0 atom stereocenters. The van der Waals surface area contributed by atoms with Gasteiger partial charge < -0.3 is 14.9 Å². The Kier molecular flexibility index (Phi) is 7.00. The molecule has 3 aromatic rings. The van der Waals surface area contributed by atoms with Gasteiger partial charge in [-0.05, 0) is 81.9 Å². The Hall–Kier alpha value is -3.30. The summed E-state index contributed by atoms with van der Waals surface area (Å²) in [4.78, 5) is 20.7. The number of aromatic amines is 1. The molecular weight excluding hydrogens is 434 g/mol. The van der Waals surface area contributed by atoms with Crippen LogP contribution >= 0.6 is 11.6 Å². The van der Waals surface area contributed by atoms with Crippen LogP contribution in [0.2, 0.25) is 5.02 Å². The summed E-state index contributed by atoms with van der Waals surface area (Å²) in [5.74, 6) is 0.629. The zero-order chi connectivity index (χ0) is 23.4. The summed E-state index contributed by atoms with van der Waals surface area (Å²) in [7, 11) is 0. The molecule has 2 N–H and O–H groups in total. The molecule has 170 valence electrons. The van der Waals surface area contributed by atoms with E-state index < -0.39 is 0 Å². The Labute approximate surface area is 199 Å². The standard InChI is InChI=1S/C26H28ClN5O/c1-17-13-19(18(2)32(17)22-8-5-7-21(27)15-22)14-20(16-28)26(33)29-12-6-11-25-30-23-9-3-4-10-24(23)31-25/h5,7-8,13-15H,3-4,6,9-12H2,1-2H3,(H,29,33)(H,30,31)/b20-14+. The highest BCUT2D eigenvalue weighted by Gasteiger charge is 2.15. The zero-order valence-electron chi connectivity index (χ0n) is 19.0. The fourth-order valence-electron chi connectivity index (χ4n) is 4.43. The lowest BCUT2D eigenvalue weighted by Gasteiger charge is -2.10. The summed E-state index contributed by atoms with van der Waals surface area (Å²) in [5.41, 5.74) is 6.28. The van der Waals surface area contributed by atoms with Crippen molar-refractivity contribution in [2.75, 3.05) is 6.54 Å². The molecule has 1 amide bonds. The number of benzene rings is 1. The average Bonchev–Trinajstić information content (AvgIpc) is 3.34. The summed E-state index contributed by atoms with van der Waals surface area (Å²) >= 11 is 6.15. The van der Waals surface area contributed by atoms with Crippen LogP contribution in [0.4, 0.5) is 0 Å². The number of aryl methyl sites for hydroxylation is 4. The number of rotatable bonds is 7. The number of nitrogens with one attached hydrogen (secondary N) is 2. The van der Waals surface area contributed by atoms with Crippen LogP contribution in [0.25, 0.3) is 11.8 Å². The Balaban J connectivity index is 1.39. The minimum absolute atomic E-state index is 0.0924. The molecule has 2 heterocycles. The van der Waals surface area contributed by atoms with Crippen LogP contribution in [-0.2, 0) is 24.1 Å². The van der Waals surface area contributed by atoms with Gasteiger partial charge in [-0.25, -0.2) is 4.98 Å². The average molecular weight is 462 g/mol. The van der Waals surface area contributed by atoms with E-state index in [4.69, 9.17) is 11.6 Å². The van der Waals surface area contributed by atoms with Gasteiger partial charge in [0.15, 0.2) is 0 Å². The lowest BCUT2D eigenvalue weighted by atomic mass is 10.0. The first-order chi connectivity index (χ1) is 16.0. The molecule has 0 radical (unpaired) electrons. The number of nitriles is 1. The molecule has 6 nitrogen and oxygen atoms in total. The second kappa shape index (κ2) is 10.1. The SMILES string of the molecule is Cc1cc(/C=C(\C#N)C(=O)NCCCc2nc3c([nH]2)CCCC3)c(C)n1-c1cccc(Cl)c1. The number of amides is 1. The second-order valence-corrected chi connectivity index (χ2v) is 8.92. The maximum Gasteiger partial charge on any atom is 0.261 e. The quantitative estimate of drug-likeness (QED) is 0.294. The Morgan fingerprint density at radius 1 is 1.30 bits per heavy atom. The van der Waals surface area contributed by atoms with Crippen LogP contribution in [0, 0.1) is 25.2 Å². The third kappa shape index (κ3) is 5.20. The number of carbonyl (C=O) groups excluding carboxylic acids is 1. The van der Waals surface area contributed by atoms with Crippen LogP contribution in [0.1, 0.15) is 53.4 Å². The van der Waals surface area contributed by atoms with Crippen molar-refractivity contribution in [3.8, 4) is 11.8 Å². The van der Waals surface area contributed by atoms with Crippen molar-refractivity contribution in [1.29, 1.82) is 5.26 Å². The molecule has 1 aliphatic carbocycles. The summed E-state index contributed by atoms with van der Waals surface area (Å²) in [5, 5.41) is 13.1. The van der Waals surface area contributed by atoms with Crippen molar-refractivity contribution in [3.05, 3.63) is 75.1 Å². The summed E-state index contributed by atoms with van der Waals surface area (Å²) in [6.45, 7) is 4.45. The molecule has 4 rings (SSSR count). The van der Waals surface area contributed by atoms with Gasteiger partial charge in [-0.2, -0.15) is 5.26 Å². The Morgan fingerprint density at radius 2 is 2.12 bits per heavy atom. The fourth-order valence-corrected chi connectivity index (χ4v) is 4.62. The van der Waals surface area contributed by atoms with Crippen molar-refractivity contribution in [2.24, 2.45) is 0 Å². The highest BCUT2D eigenvalue weighted by Crippen LogP contribution is 2.24. The number of halogens is 1. The van der Waals surface area contributed by atoms with E-state index in [0.717, 1.165) is 54.1 Å². The summed E-state index contributed by atoms with van der Waals surface area (Å²) in [6.07, 6.45) is 7.75. The van der Waals surface area contributed by atoms with E-state index in [0.29, 0.717) is 11.6 Å². The molecule has 0 spiro atoms. The topological polar surface area (TPSA) is 86.5 Å². The summed E-state index contributed by atoms with van der Waals surface area (Å²) in [6, 6.07) is 11.6. The molecule has 1 aliphatic rings. The van der Waals surface area contributed by atoms with Gasteiger partial charge in [0, 0.05) is 40.8 Å². The molecule has 2 aromatic heterocycles. The highest BCUT2D eigenvalue weighted by molar-refractivity contribution is 6.30. The number of aromatic nitrogens is 3. The molecular formula is C26H28ClN5O. The molecule has 1 aromatic carbocycles. The number of hydrogen-bond acceptors (Lipinski definition) is 3. The number of fused-ring (bicyclic) bond motifs is 1. The third-order valence-corrected chi connectivity index (χ3v) is 6.32. The van der Waals surface area contributed by atoms with Crippen LogP contribution in [-0.4, -0.2) is 27.0 Å². The monoisotopic (exact) mass is 461 g/mol. The highest BCUT2D eigenvalue weighted by atomic mass is 35.5. The molecule has 0 unspecified atom stereocenters. The smallest absolute Gasteiger partial charge is 0.261 e. The molecule has 7 heteroatoms. The van der Waals surface area contributed by atoms with Gasteiger partial charge >= 0.3 is 0 Å². The molecule has 0 fully saturated rings. The number of hydrogen-bond donors (Lipinski definition) is 2. The predicted octanol–water partition coefficient (Wildman–Crippen LogP) is 5.01. The van der Waals surface area contributed by atoms with E-state index in [1.54, 1.807) is 6.08 Å². The molecule has 0 bridgehead atoms. The molecule has 0 saturated heterocycles. The van der Waals surface area contributed by atoms with Gasteiger partial charge in [0.05, 0.1) is 5.69 Å². The van der Waals surface area contributed by atoms with E-state index in [9.17, 15) is 10.1 Å². The summed E-state index contributed by atoms with van der Waals surface area (Å²) < 4.78 is 2.06. The van der Waals surface area contributed by atoms with Gasteiger partial charge in [-0.15, -0.1) is 0 Å². The minimum Gasteiger partial charge on any atom is -0.351 e. The molecule has 33 heavy (non-hydrogen) atoms. The Morgan fingerprint density at radius 3 is 2.88 bits per heavy atom. The van der Waals surface area contributed by atoms with Gasteiger partial charge in [0.25, 0.3) is 5.91 Å². The number of imidazole rings is 1. The van der Waals surface area contributed by atoms with E-state index >= 15 is 0 Å².